The van der Waals surface area contributed by atoms with Gasteiger partial charge in [0.15, 0.2) is 11.9 Å². The summed E-state index contributed by atoms with van der Waals surface area (Å²) in [6.45, 7) is 19.8. The number of cyclic esters (lactones) is 1. The minimum atomic E-state index is -1.31. The van der Waals surface area contributed by atoms with Gasteiger partial charge in [0.1, 0.15) is 18.0 Å². The zero-order valence-electron chi connectivity index (χ0n) is 35.1. The van der Waals surface area contributed by atoms with Gasteiger partial charge in [0.05, 0.1) is 49.1 Å². The van der Waals surface area contributed by atoms with E-state index in [1.54, 1.807) is 30.5 Å². The van der Waals surface area contributed by atoms with Crippen molar-refractivity contribution in [3.63, 3.8) is 0 Å². The van der Waals surface area contributed by atoms with E-state index >= 15 is 0 Å². The van der Waals surface area contributed by atoms with Crippen LogP contribution in [-0.4, -0.2) is 132 Å². The average molecular weight is 803 g/mol. The predicted molar refractivity (Wildman–Crippen MR) is 215 cm³/mol. The van der Waals surface area contributed by atoms with Crippen LogP contribution in [0.2, 0.25) is 0 Å². The molecule has 12 nitrogen and oxygen atoms in total. The zero-order chi connectivity index (χ0) is 41.1. The molecule has 1 aromatic carbocycles. The Bertz CT molecular complexity index is 1530. The van der Waals surface area contributed by atoms with E-state index in [9.17, 15) is 19.5 Å². The fourth-order valence-corrected chi connectivity index (χ4v) is 10.4. The highest BCUT2D eigenvalue weighted by Crippen LogP contribution is 2.44. The fourth-order valence-electron chi connectivity index (χ4n) is 9.54. The number of Topliss-reactive ketones (excluding diaryl/α,β-unsaturated/α-hetero) is 1. The summed E-state index contributed by atoms with van der Waals surface area (Å²) in [5.74, 6) is -1.77. The number of carbonyl (C=O) groups excluding carboxylic acids is 3. The first-order chi connectivity index (χ1) is 26.4. The molecule has 0 radical (unpaired) electrons. The SMILES string of the molecule is C=C1CO[C@@H]2[C@H](C)[C@@H](O[C@@H]3O[C@H](C)C[C@H](N(C)C)[C@H]3O)[C@](C)(C[C@@H](C)C(=O)[C@H](C)[C@H]3N(CCSCc4ccccc4)C(=O)O[C@]3(C)[C@@H](CC)OC(=O)[C@@H]2C)OC1. The van der Waals surface area contributed by atoms with Crippen molar-refractivity contribution >= 4 is 29.6 Å². The first-order valence-corrected chi connectivity index (χ1v) is 21.5. The molecule has 4 aliphatic heterocycles. The molecule has 4 aliphatic rings. The first-order valence-electron chi connectivity index (χ1n) is 20.3. The van der Waals surface area contributed by atoms with Crippen molar-refractivity contribution in [2.24, 2.45) is 23.7 Å². The lowest BCUT2D eigenvalue weighted by molar-refractivity contribution is -0.302. The number of thioether (sulfide) groups is 1. The molecule has 5 rings (SSSR count). The van der Waals surface area contributed by atoms with Crippen molar-refractivity contribution in [2.75, 3.05) is 39.6 Å². The normalized spacial score (nSPS) is 40.3. The van der Waals surface area contributed by atoms with Crippen LogP contribution >= 0.6 is 11.8 Å². The van der Waals surface area contributed by atoms with E-state index in [1.807, 2.05) is 78.7 Å². The highest BCUT2D eigenvalue weighted by Gasteiger charge is 2.60. The Morgan fingerprint density at radius 1 is 1.04 bits per heavy atom. The second kappa shape index (κ2) is 18.6. The topological polar surface area (TPSA) is 133 Å². The van der Waals surface area contributed by atoms with Crippen LogP contribution in [0.1, 0.15) is 80.2 Å². The van der Waals surface area contributed by atoms with Crippen molar-refractivity contribution in [1.82, 2.24) is 9.80 Å². The Morgan fingerprint density at radius 2 is 1.73 bits per heavy atom. The summed E-state index contributed by atoms with van der Waals surface area (Å²) >= 11 is 1.70. The second-order valence-corrected chi connectivity index (χ2v) is 18.4. The molecule has 1 aromatic rings. The molecule has 0 spiro atoms. The van der Waals surface area contributed by atoms with E-state index < -0.39 is 83.7 Å². The van der Waals surface area contributed by atoms with Crippen LogP contribution in [0.4, 0.5) is 4.79 Å². The van der Waals surface area contributed by atoms with Crippen LogP contribution in [-0.2, 0) is 43.8 Å². The number of carbonyl (C=O) groups is 3. The quantitative estimate of drug-likeness (QED) is 0.182. The van der Waals surface area contributed by atoms with Gasteiger partial charge in [-0.2, -0.15) is 11.8 Å². The number of fused-ring (bicyclic) bond motifs is 4. The number of benzene rings is 1. The third-order valence-electron chi connectivity index (χ3n) is 12.5. The lowest BCUT2D eigenvalue weighted by Crippen LogP contribution is -2.61. The molecule has 56 heavy (non-hydrogen) atoms. The van der Waals surface area contributed by atoms with Gasteiger partial charge in [-0.1, -0.05) is 64.6 Å². The molecule has 4 heterocycles. The van der Waals surface area contributed by atoms with Crippen molar-refractivity contribution in [3.05, 3.63) is 48.0 Å². The number of ketones is 1. The fraction of sp³-hybridized carbons (Fsp3) is 0.744. The Labute approximate surface area is 338 Å². The van der Waals surface area contributed by atoms with E-state index in [0.717, 1.165) is 5.75 Å². The van der Waals surface area contributed by atoms with E-state index in [2.05, 4.69) is 18.7 Å². The molecule has 0 aliphatic carbocycles. The number of likely N-dealkylation sites (N-methyl/N-ethyl adjacent to an activating group) is 1. The van der Waals surface area contributed by atoms with Gasteiger partial charge in [-0.05, 0) is 72.2 Å². The predicted octanol–water partition coefficient (Wildman–Crippen LogP) is 5.88. The molecular formula is C43H66N2O10S. The summed E-state index contributed by atoms with van der Waals surface area (Å²) in [7, 11) is 3.84. The molecule has 0 saturated carbocycles. The summed E-state index contributed by atoms with van der Waals surface area (Å²) in [5, 5.41) is 11.6. The van der Waals surface area contributed by atoms with Crippen molar-refractivity contribution < 1.29 is 47.9 Å². The molecule has 4 fully saturated rings. The van der Waals surface area contributed by atoms with Gasteiger partial charge in [0.25, 0.3) is 0 Å². The Morgan fingerprint density at radius 3 is 2.39 bits per heavy atom. The van der Waals surface area contributed by atoms with Crippen LogP contribution in [0.3, 0.4) is 0 Å². The van der Waals surface area contributed by atoms with Crippen LogP contribution in [0.15, 0.2) is 42.5 Å². The molecule has 314 valence electrons. The Kier molecular flexibility index (Phi) is 14.8. The molecule has 13 heteroatoms. The van der Waals surface area contributed by atoms with Crippen LogP contribution in [0.5, 0.6) is 0 Å². The number of aliphatic hydroxyl groups is 1. The number of nitrogens with zero attached hydrogens (tertiary/aromatic N) is 2. The number of hydrogen-bond acceptors (Lipinski definition) is 12. The summed E-state index contributed by atoms with van der Waals surface area (Å²) in [6, 6.07) is 9.19. The van der Waals surface area contributed by atoms with Gasteiger partial charge in [-0.15, -0.1) is 0 Å². The number of ether oxygens (including phenoxy) is 6. The van der Waals surface area contributed by atoms with Gasteiger partial charge in [-0.3, -0.25) is 14.5 Å². The lowest BCUT2D eigenvalue weighted by Gasteiger charge is -2.48. The van der Waals surface area contributed by atoms with Crippen molar-refractivity contribution in [3.8, 4) is 0 Å². The maximum Gasteiger partial charge on any atom is 0.410 e. The van der Waals surface area contributed by atoms with Crippen LogP contribution in [0, 0.1) is 23.7 Å². The molecule has 14 atom stereocenters. The molecule has 2 bridgehead atoms. The van der Waals surface area contributed by atoms with Gasteiger partial charge in [0.2, 0.25) is 0 Å². The third-order valence-corrected chi connectivity index (χ3v) is 13.6. The minimum absolute atomic E-state index is 0.0777. The van der Waals surface area contributed by atoms with Gasteiger partial charge < -0.3 is 38.4 Å². The minimum Gasteiger partial charge on any atom is -0.458 e. The number of amides is 1. The molecule has 1 N–H and O–H groups in total. The third kappa shape index (κ3) is 9.50. The summed E-state index contributed by atoms with van der Waals surface area (Å²) < 4.78 is 39.1. The van der Waals surface area contributed by atoms with Gasteiger partial charge in [-0.25, -0.2) is 4.79 Å². The second-order valence-electron chi connectivity index (χ2n) is 17.3. The van der Waals surface area contributed by atoms with Crippen LogP contribution in [0.25, 0.3) is 0 Å². The number of aliphatic hydroxyl groups excluding tert-OH is 1. The highest BCUT2D eigenvalue weighted by atomic mass is 32.2. The number of rotatable bonds is 9. The van der Waals surface area contributed by atoms with Crippen molar-refractivity contribution in [1.29, 1.82) is 0 Å². The Hall–Kier alpha value is -2.52. The maximum absolute atomic E-state index is 14.9. The molecule has 4 saturated heterocycles. The molecule has 0 unspecified atom stereocenters. The smallest absolute Gasteiger partial charge is 0.410 e. The monoisotopic (exact) mass is 802 g/mol. The van der Waals surface area contributed by atoms with E-state index in [4.69, 9.17) is 28.4 Å². The first kappa shape index (κ1) is 44.6. The van der Waals surface area contributed by atoms with E-state index in [-0.39, 0.29) is 37.6 Å². The highest BCUT2D eigenvalue weighted by molar-refractivity contribution is 7.98. The van der Waals surface area contributed by atoms with Gasteiger partial charge in [0, 0.05) is 41.8 Å². The molecule has 1 amide bonds. The van der Waals surface area contributed by atoms with Crippen LogP contribution < -0.4 is 0 Å². The Balaban J connectivity index is 1.54. The average Bonchev–Trinajstić information content (AvgIpc) is 3.43. The lowest BCUT2D eigenvalue weighted by atomic mass is 9.73. The summed E-state index contributed by atoms with van der Waals surface area (Å²) in [5.41, 5.74) is -0.599. The largest absolute Gasteiger partial charge is 0.458 e. The van der Waals surface area contributed by atoms with E-state index in [1.165, 1.54) is 5.56 Å². The summed E-state index contributed by atoms with van der Waals surface area (Å²) in [4.78, 5) is 46.7. The maximum atomic E-state index is 14.9. The molecule has 0 aromatic heterocycles. The number of esters is 1. The molecular weight excluding hydrogens is 737 g/mol. The standard InChI is InChI=1S/C43H66N2O10S/c1-12-33-43(9)37(45(41(49)55-43)18-19-56-24-31-16-14-13-15-17-31)28(5)34(46)26(3)21-42(8)38(54-40-35(47)32(44(10)11)20-27(4)52-40)29(6)36(30(7)39(48)53-33)50-22-25(2)23-51-42/h13-17,26-30,32-33,35-38,40,47H,2,12,18-24H2,1,3-11H3/t26-,27-,28+,29+,30-,32+,33-,35-,36-,37-,38-,40+,42+,43-/m1/s1. The summed E-state index contributed by atoms with van der Waals surface area (Å²) in [6.07, 6.45) is -3.92. The number of hydrogen-bond donors (Lipinski definition) is 1. The van der Waals surface area contributed by atoms with Crippen molar-refractivity contribution in [2.45, 2.75) is 141 Å². The van der Waals surface area contributed by atoms with E-state index in [0.29, 0.717) is 30.7 Å². The van der Waals surface area contributed by atoms with Gasteiger partial charge >= 0.3 is 12.1 Å². The zero-order valence-corrected chi connectivity index (χ0v) is 35.9.